The lowest BCUT2D eigenvalue weighted by Gasteiger charge is -2.34. The van der Waals surface area contributed by atoms with E-state index in [-0.39, 0.29) is 6.54 Å². The number of hydrogen-bond donors (Lipinski definition) is 0. The van der Waals surface area contributed by atoms with E-state index < -0.39 is 10.2 Å². The number of rotatable bonds is 6. The van der Waals surface area contributed by atoms with Gasteiger partial charge in [-0.3, -0.25) is 4.31 Å². The number of allylic oxidation sites excluding steroid dienone is 1. The van der Waals surface area contributed by atoms with E-state index in [2.05, 4.69) is 16.0 Å². The quantitative estimate of drug-likeness (QED) is 0.512. The van der Waals surface area contributed by atoms with Crippen LogP contribution in [0.4, 0.5) is 5.69 Å². The Bertz CT molecular complexity index is 1400. The Morgan fingerprint density at radius 2 is 1.89 bits per heavy atom. The summed E-state index contributed by atoms with van der Waals surface area (Å²) >= 11 is 0. The van der Waals surface area contributed by atoms with Gasteiger partial charge in [0.05, 0.1) is 55.7 Å². The van der Waals surface area contributed by atoms with Crippen molar-refractivity contribution < 1.29 is 13.2 Å². The number of imidazole rings is 1. The van der Waals surface area contributed by atoms with Gasteiger partial charge in [0.2, 0.25) is 0 Å². The van der Waals surface area contributed by atoms with Crippen LogP contribution in [0.15, 0.2) is 73.0 Å². The van der Waals surface area contributed by atoms with E-state index in [4.69, 9.17) is 4.74 Å². The van der Waals surface area contributed by atoms with Crippen LogP contribution in [0.3, 0.4) is 0 Å². The average molecular weight is 505 g/mol. The molecule has 186 valence electrons. The molecule has 9 nitrogen and oxygen atoms in total. The highest BCUT2D eigenvalue weighted by molar-refractivity contribution is 7.86. The molecule has 2 aliphatic heterocycles. The maximum absolute atomic E-state index is 14.0. The third kappa shape index (κ3) is 4.86. The van der Waals surface area contributed by atoms with Gasteiger partial charge in [0.15, 0.2) is 0 Å². The van der Waals surface area contributed by atoms with Crippen LogP contribution in [0.2, 0.25) is 0 Å². The summed E-state index contributed by atoms with van der Waals surface area (Å²) in [4.78, 5) is 6.30. The Balaban J connectivity index is 1.64. The lowest BCUT2D eigenvalue weighted by Crippen LogP contribution is -2.48. The minimum atomic E-state index is -3.84. The first-order valence-electron chi connectivity index (χ1n) is 11.8. The fraction of sp³-hybridized carbons (Fsp3) is 0.308. The molecule has 0 radical (unpaired) electrons. The Morgan fingerprint density at radius 3 is 2.58 bits per heavy atom. The third-order valence-electron chi connectivity index (χ3n) is 6.51. The zero-order valence-corrected chi connectivity index (χ0v) is 20.9. The summed E-state index contributed by atoms with van der Waals surface area (Å²) in [5, 5.41) is 9.55. The van der Waals surface area contributed by atoms with E-state index in [9.17, 15) is 13.7 Å². The van der Waals surface area contributed by atoms with Crippen LogP contribution in [0.25, 0.3) is 0 Å². The van der Waals surface area contributed by atoms with E-state index in [1.807, 2.05) is 54.2 Å². The van der Waals surface area contributed by atoms with Crippen LogP contribution in [0.5, 0.6) is 0 Å². The van der Waals surface area contributed by atoms with Crippen LogP contribution in [-0.4, -0.2) is 52.9 Å². The molecule has 0 atom stereocenters. The van der Waals surface area contributed by atoms with Crippen molar-refractivity contribution >= 4 is 15.9 Å². The van der Waals surface area contributed by atoms with Gasteiger partial charge in [0, 0.05) is 44.6 Å². The zero-order chi connectivity index (χ0) is 25.1. The monoisotopic (exact) mass is 504 g/mol. The molecule has 5 rings (SSSR count). The van der Waals surface area contributed by atoms with Crippen LogP contribution >= 0.6 is 0 Å². The first-order valence-corrected chi connectivity index (χ1v) is 13.2. The van der Waals surface area contributed by atoms with E-state index in [0.717, 1.165) is 22.5 Å². The Hall–Kier alpha value is -3.65. The lowest BCUT2D eigenvalue weighted by molar-refractivity contribution is 0.0706. The van der Waals surface area contributed by atoms with Gasteiger partial charge in [-0.1, -0.05) is 30.3 Å². The van der Waals surface area contributed by atoms with E-state index >= 15 is 0 Å². The van der Waals surface area contributed by atoms with Crippen molar-refractivity contribution in [3.05, 3.63) is 95.3 Å². The van der Waals surface area contributed by atoms with E-state index in [1.54, 1.807) is 24.7 Å². The second-order valence-electron chi connectivity index (χ2n) is 8.89. The second-order valence-corrected chi connectivity index (χ2v) is 10.7. The number of aryl methyl sites for hydroxylation is 1. The number of ether oxygens (including phenoxy) is 1. The van der Waals surface area contributed by atoms with Crippen LogP contribution < -0.4 is 4.90 Å². The van der Waals surface area contributed by atoms with Gasteiger partial charge in [-0.15, -0.1) is 0 Å². The maximum Gasteiger partial charge on any atom is 0.304 e. The number of aromatic nitrogens is 2. The van der Waals surface area contributed by atoms with Crippen molar-refractivity contribution in [3.63, 3.8) is 0 Å². The Kier molecular flexibility index (Phi) is 6.78. The van der Waals surface area contributed by atoms with Crippen molar-refractivity contribution in [2.75, 3.05) is 31.2 Å². The number of fused-ring (bicyclic) bond motifs is 1. The highest BCUT2D eigenvalue weighted by Gasteiger charge is 2.35. The first kappa shape index (κ1) is 24.1. The molecule has 0 unspecified atom stereocenters. The summed E-state index contributed by atoms with van der Waals surface area (Å²) < 4.78 is 38.3. The number of hydrogen-bond acceptors (Lipinski definition) is 6. The predicted molar refractivity (Wildman–Crippen MR) is 136 cm³/mol. The van der Waals surface area contributed by atoms with Crippen molar-refractivity contribution in [3.8, 4) is 6.07 Å². The fourth-order valence-corrected chi connectivity index (χ4v) is 6.16. The molecular formula is C26H28N6O3S. The van der Waals surface area contributed by atoms with Crippen molar-refractivity contribution in [2.24, 2.45) is 7.05 Å². The topological polar surface area (TPSA) is 94.7 Å². The molecule has 10 heteroatoms. The molecule has 1 aromatic heterocycles. The molecule has 36 heavy (non-hydrogen) atoms. The number of benzene rings is 2. The standard InChI is InChI=1S/C26H28N6O3S/c1-29-20-28-16-25(29)19-30-18-24(14-21-5-3-2-4-6-21)32(36(33,34)31-9-11-35-12-10-31)17-23-13-22(15-27)7-8-26(23)30/h2-8,13,16,18,20H,9-12,14,17,19H2,1H3. The number of nitriles is 1. The minimum Gasteiger partial charge on any atom is -0.379 e. The van der Waals surface area contributed by atoms with Crippen LogP contribution in [-0.2, 0) is 41.5 Å². The van der Waals surface area contributed by atoms with Gasteiger partial charge in [-0.05, 0) is 29.3 Å². The summed E-state index contributed by atoms with van der Waals surface area (Å²) in [6, 6.07) is 17.5. The molecule has 2 aromatic carbocycles. The molecule has 1 saturated heterocycles. The van der Waals surface area contributed by atoms with Crippen molar-refractivity contribution in [1.82, 2.24) is 18.2 Å². The lowest BCUT2D eigenvalue weighted by atomic mass is 10.1. The average Bonchev–Trinajstić information content (AvgIpc) is 3.24. The number of morpholine rings is 1. The van der Waals surface area contributed by atoms with Crippen LogP contribution in [0, 0.1) is 11.3 Å². The molecule has 3 aromatic rings. The maximum atomic E-state index is 14.0. The molecule has 2 aliphatic rings. The van der Waals surface area contributed by atoms with Crippen molar-refractivity contribution in [2.45, 2.75) is 19.5 Å². The fourth-order valence-electron chi connectivity index (χ4n) is 4.56. The van der Waals surface area contributed by atoms with Crippen LogP contribution in [0.1, 0.15) is 22.4 Å². The van der Waals surface area contributed by atoms with Crippen molar-refractivity contribution in [1.29, 1.82) is 5.26 Å². The molecule has 0 bridgehead atoms. The predicted octanol–water partition coefficient (Wildman–Crippen LogP) is 2.78. The highest BCUT2D eigenvalue weighted by atomic mass is 32.2. The molecule has 0 N–H and O–H groups in total. The smallest absolute Gasteiger partial charge is 0.304 e. The summed E-state index contributed by atoms with van der Waals surface area (Å²) in [6.45, 7) is 1.98. The SMILES string of the molecule is Cn1cncc1CN1C=C(Cc2ccccc2)N(S(=O)(=O)N2CCOCC2)Cc2cc(C#N)ccc21. The zero-order valence-electron chi connectivity index (χ0n) is 20.1. The number of anilines is 1. The van der Waals surface area contributed by atoms with Gasteiger partial charge in [0.25, 0.3) is 0 Å². The summed E-state index contributed by atoms with van der Waals surface area (Å²) in [5.41, 5.74) is 4.77. The van der Waals surface area contributed by atoms with Gasteiger partial charge in [-0.2, -0.15) is 18.0 Å². The van der Waals surface area contributed by atoms with E-state index in [0.29, 0.717) is 50.5 Å². The molecular weight excluding hydrogens is 476 g/mol. The van der Waals surface area contributed by atoms with E-state index in [1.165, 1.54) is 8.61 Å². The highest BCUT2D eigenvalue weighted by Crippen LogP contribution is 2.34. The molecule has 3 heterocycles. The molecule has 0 spiro atoms. The third-order valence-corrected chi connectivity index (χ3v) is 8.45. The first-order chi connectivity index (χ1) is 17.5. The van der Waals surface area contributed by atoms with Gasteiger partial charge < -0.3 is 14.2 Å². The normalized spacial score (nSPS) is 16.7. The molecule has 1 fully saturated rings. The van der Waals surface area contributed by atoms with Gasteiger partial charge in [0.1, 0.15) is 0 Å². The Morgan fingerprint density at radius 1 is 1.11 bits per heavy atom. The summed E-state index contributed by atoms with van der Waals surface area (Å²) in [7, 11) is -1.91. The number of nitrogens with zero attached hydrogens (tertiary/aromatic N) is 6. The van der Waals surface area contributed by atoms with Gasteiger partial charge in [-0.25, -0.2) is 4.98 Å². The summed E-state index contributed by atoms with van der Waals surface area (Å²) in [5.74, 6) is 0. The minimum absolute atomic E-state index is 0.130. The van der Waals surface area contributed by atoms with Gasteiger partial charge >= 0.3 is 10.2 Å². The second kappa shape index (κ2) is 10.1. The molecule has 0 amide bonds. The molecule has 0 aliphatic carbocycles. The largest absolute Gasteiger partial charge is 0.379 e. The Labute approximate surface area is 211 Å². The summed E-state index contributed by atoms with van der Waals surface area (Å²) in [6.07, 6.45) is 5.92. The molecule has 0 saturated carbocycles.